The second kappa shape index (κ2) is 10.8. The molecule has 0 aliphatic rings. The highest BCUT2D eigenvalue weighted by Crippen LogP contribution is 2.22. The van der Waals surface area contributed by atoms with Gasteiger partial charge >= 0.3 is 6.03 Å². The van der Waals surface area contributed by atoms with Crippen LogP contribution >= 0.6 is 0 Å². The van der Waals surface area contributed by atoms with Crippen LogP contribution in [0.4, 0.5) is 10.5 Å². The summed E-state index contributed by atoms with van der Waals surface area (Å²) in [5.41, 5.74) is 1.96. The molecule has 168 valence electrons. The van der Waals surface area contributed by atoms with Crippen LogP contribution in [0.5, 0.6) is 5.75 Å². The Morgan fingerprint density at radius 1 is 1.10 bits per heavy atom. The quantitative estimate of drug-likeness (QED) is 0.565. The zero-order valence-electron chi connectivity index (χ0n) is 19.3. The first kappa shape index (κ1) is 24.2. The van der Waals surface area contributed by atoms with Crippen LogP contribution in [0.1, 0.15) is 49.2 Å². The van der Waals surface area contributed by atoms with Crippen molar-refractivity contribution in [2.45, 2.75) is 38.8 Å². The second-order valence-electron chi connectivity index (χ2n) is 8.36. The summed E-state index contributed by atoms with van der Waals surface area (Å²) in [5.74, 6) is 0.648. The number of likely N-dealkylation sites (N-methyl/N-ethyl adjacent to an activating group) is 1. The molecule has 0 aliphatic carbocycles. The number of amides is 3. The molecular weight excluding hydrogens is 392 g/mol. The molecule has 7 heteroatoms. The number of nitrogens with one attached hydrogen (secondary N) is 3. The Labute approximate surface area is 185 Å². The highest BCUT2D eigenvalue weighted by molar-refractivity contribution is 5.96. The van der Waals surface area contributed by atoms with Crippen LogP contribution in [0, 0.1) is 0 Å². The van der Waals surface area contributed by atoms with E-state index in [-0.39, 0.29) is 23.5 Å². The molecule has 0 fully saturated rings. The van der Waals surface area contributed by atoms with Crippen molar-refractivity contribution in [3.8, 4) is 5.75 Å². The third-order valence-corrected chi connectivity index (χ3v) is 5.30. The van der Waals surface area contributed by atoms with E-state index in [4.69, 9.17) is 4.74 Å². The van der Waals surface area contributed by atoms with E-state index in [9.17, 15) is 9.59 Å². The average molecular weight is 427 g/mol. The number of urea groups is 1. The number of anilines is 1. The van der Waals surface area contributed by atoms with E-state index in [0.717, 1.165) is 17.7 Å². The van der Waals surface area contributed by atoms with Crippen LogP contribution in [0.2, 0.25) is 0 Å². The molecule has 2 rings (SSSR count). The van der Waals surface area contributed by atoms with Crippen molar-refractivity contribution in [1.82, 2.24) is 15.5 Å². The summed E-state index contributed by atoms with van der Waals surface area (Å²) < 4.78 is 5.30. The lowest BCUT2D eigenvalue weighted by molar-refractivity contribution is 0.0911. The van der Waals surface area contributed by atoms with Crippen LogP contribution < -0.4 is 20.7 Å². The molecule has 7 nitrogen and oxygen atoms in total. The zero-order chi connectivity index (χ0) is 23.0. The van der Waals surface area contributed by atoms with Crippen molar-refractivity contribution >= 4 is 17.6 Å². The predicted octanol–water partition coefficient (Wildman–Crippen LogP) is 4.04. The molecule has 0 heterocycles. The Bertz CT molecular complexity index is 879. The van der Waals surface area contributed by atoms with Gasteiger partial charge in [0.15, 0.2) is 0 Å². The van der Waals surface area contributed by atoms with E-state index in [0.29, 0.717) is 17.8 Å². The maximum atomic E-state index is 12.4. The Morgan fingerprint density at radius 3 is 2.35 bits per heavy atom. The minimum Gasteiger partial charge on any atom is -0.497 e. The highest BCUT2D eigenvalue weighted by Gasteiger charge is 2.19. The van der Waals surface area contributed by atoms with Crippen molar-refractivity contribution in [2.75, 3.05) is 33.1 Å². The molecule has 0 aromatic heterocycles. The standard InChI is InChI=1S/C24H34N4O3/c1-7-24(2,3)27-22(29)17-11-13-19(14-12-17)26-23(30)25-16-21(28(4)5)18-9-8-10-20(15-18)31-6/h8-15,21H,7,16H2,1-6H3,(H,27,29)(H2,25,26,30). The number of nitrogens with zero attached hydrogens (tertiary/aromatic N) is 1. The molecule has 0 radical (unpaired) electrons. The number of carbonyl (C=O) groups excluding carboxylic acids is 2. The van der Waals surface area contributed by atoms with Crippen molar-refractivity contribution in [3.05, 3.63) is 59.7 Å². The Balaban J connectivity index is 1.94. The van der Waals surface area contributed by atoms with E-state index in [2.05, 4.69) is 16.0 Å². The van der Waals surface area contributed by atoms with E-state index in [1.165, 1.54) is 0 Å². The smallest absolute Gasteiger partial charge is 0.319 e. The van der Waals surface area contributed by atoms with Crippen molar-refractivity contribution < 1.29 is 14.3 Å². The SMILES string of the molecule is CCC(C)(C)NC(=O)c1ccc(NC(=O)NCC(c2cccc(OC)c2)N(C)C)cc1. The van der Waals surface area contributed by atoms with Gasteiger partial charge in [0.1, 0.15) is 5.75 Å². The summed E-state index contributed by atoms with van der Waals surface area (Å²) in [5, 5.41) is 8.72. The summed E-state index contributed by atoms with van der Waals surface area (Å²) in [6, 6.07) is 14.3. The first-order valence-electron chi connectivity index (χ1n) is 10.4. The Hall–Kier alpha value is -3.06. The normalized spacial score (nSPS) is 12.2. The molecule has 2 aromatic rings. The van der Waals surface area contributed by atoms with Gasteiger partial charge in [-0.15, -0.1) is 0 Å². The van der Waals surface area contributed by atoms with Gasteiger partial charge in [0.05, 0.1) is 13.2 Å². The van der Waals surface area contributed by atoms with E-state index in [1.54, 1.807) is 31.4 Å². The first-order valence-corrected chi connectivity index (χ1v) is 10.4. The van der Waals surface area contributed by atoms with Crippen molar-refractivity contribution in [3.63, 3.8) is 0 Å². The van der Waals surface area contributed by atoms with Crippen molar-refractivity contribution in [2.24, 2.45) is 0 Å². The minimum absolute atomic E-state index is 0.00570. The molecule has 0 spiro atoms. The van der Waals surface area contributed by atoms with Gasteiger partial charge in [-0.05, 0) is 76.3 Å². The summed E-state index contributed by atoms with van der Waals surface area (Å²) >= 11 is 0. The van der Waals surface area contributed by atoms with Crippen LogP contribution in [0.15, 0.2) is 48.5 Å². The lowest BCUT2D eigenvalue weighted by Gasteiger charge is -2.25. The van der Waals surface area contributed by atoms with Gasteiger partial charge < -0.3 is 25.6 Å². The first-order chi connectivity index (χ1) is 14.6. The second-order valence-corrected chi connectivity index (χ2v) is 8.36. The lowest BCUT2D eigenvalue weighted by atomic mass is 10.0. The molecule has 31 heavy (non-hydrogen) atoms. The van der Waals surface area contributed by atoms with E-state index >= 15 is 0 Å². The number of rotatable bonds is 9. The molecule has 1 atom stereocenters. The predicted molar refractivity (Wildman–Crippen MR) is 125 cm³/mol. The number of methoxy groups -OCH3 is 1. The fourth-order valence-electron chi connectivity index (χ4n) is 2.98. The maximum absolute atomic E-state index is 12.4. The van der Waals surface area contributed by atoms with Crippen LogP contribution in [0.25, 0.3) is 0 Å². The summed E-state index contributed by atoms with van der Waals surface area (Å²) in [6.07, 6.45) is 0.836. The fraction of sp³-hybridized carbons (Fsp3) is 0.417. The minimum atomic E-state index is -0.306. The monoisotopic (exact) mass is 426 g/mol. The number of ether oxygens (including phenoxy) is 1. The van der Waals surface area contributed by atoms with E-state index in [1.807, 2.05) is 64.0 Å². The summed E-state index contributed by atoms with van der Waals surface area (Å²) in [7, 11) is 5.57. The van der Waals surface area contributed by atoms with Gasteiger partial charge in [-0.1, -0.05) is 19.1 Å². The van der Waals surface area contributed by atoms with Crippen LogP contribution in [-0.2, 0) is 0 Å². The molecular formula is C24H34N4O3. The van der Waals surface area contributed by atoms with Crippen LogP contribution in [0.3, 0.4) is 0 Å². The molecule has 0 bridgehead atoms. The van der Waals surface area contributed by atoms with Gasteiger partial charge in [-0.25, -0.2) is 4.79 Å². The highest BCUT2D eigenvalue weighted by atomic mass is 16.5. The Kier molecular flexibility index (Phi) is 8.45. The molecule has 2 aromatic carbocycles. The van der Waals surface area contributed by atoms with E-state index < -0.39 is 0 Å². The summed E-state index contributed by atoms with van der Waals surface area (Å²) in [6.45, 7) is 6.43. The third kappa shape index (κ3) is 7.29. The van der Waals surface area contributed by atoms with Gasteiger partial charge in [0.2, 0.25) is 0 Å². The van der Waals surface area contributed by atoms with Crippen molar-refractivity contribution in [1.29, 1.82) is 0 Å². The maximum Gasteiger partial charge on any atom is 0.319 e. The molecule has 0 aliphatic heterocycles. The number of carbonyl (C=O) groups is 2. The largest absolute Gasteiger partial charge is 0.497 e. The molecule has 0 saturated heterocycles. The molecule has 1 unspecified atom stereocenters. The third-order valence-electron chi connectivity index (χ3n) is 5.30. The topological polar surface area (TPSA) is 82.7 Å². The number of hydrogen-bond acceptors (Lipinski definition) is 4. The number of benzene rings is 2. The van der Waals surface area contributed by atoms with Gasteiger partial charge in [-0.2, -0.15) is 0 Å². The molecule has 3 N–H and O–H groups in total. The number of hydrogen-bond donors (Lipinski definition) is 3. The average Bonchev–Trinajstić information content (AvgIpc) is 2.74. The fourth-order valence-corrected chi connectivity index (χ4v) is 2.98. The molecule has 3 amide bonds. The van der Waals surface area contributed by atoms with Gasteiger partial charge in [-0.3, -0.25) is 4.79 Å². The van der Waals surface area contributed by atoms with Gasteiger partial charge in [0, 0.05) is 23.3 Å². The summed E-state index contributed by atoms with van der Waals surface area (Å²) in [4.78, 5) is 26.8. The van der Waals surface area contributed by atoms with Crippen LogP contribution in [-0.4, -0.2) is 50.1 Å². The lowest BCUT2D eigenvalue weighted by Crippen LogP contribution is -2.42. The zero-order valence-corrected chi connectivity index (χ0v) is 19.3. The molecule has 0 saturated carbocycles. The van der Waals surface area contributed by atoms with Gasteiger partial charge in [0.25, 0.3) is 5.91 Å². The Morgan fingerprint density at radius 2 is 1.77 bits per heavy atom.